The van der Waals surface area contributed by atoms with E-state index in [1.54, 1.807) is 0 Å². The van der Waals surface area contributed by atoms with Crippen LogP contribution in [0.15, 0.2) is 12.1 Å². The predicted octanol–water partition coefficient (Wildman–Crippen LogP) is 2.98. The second-order valence-electron chi connectivity index (χ2n) is 4.80. The van der Waals surface area contributed by atoms with Crippen LogP contribution in [0.1, 0.15) is 30.9 Å². The molecule has 0 aromatic heterocycles. The van der Waals surface area contributed by atoms with Crippen molar-refractivity contribution in [1.29, 1.82) is 0 Å². The van der Waals surface area contributed by atoms with E-state index >= 15 is 0 Å². The summed E-state index contributed by atoms with van der Waals surface area (Å²) in [4.78, 5) is 10.5. The fourth-order valence-corrected chi connectivity index (χ4v) is 2.10. The molecule has 0 unspecified atom stereocenters. The van der Waals surface area contributed by atoms with Crippen molar-refractivity contribution in [2.45, 2.75) is 32.1 Å². The Kier molecular flexibility index (Phi) is 4.11. The van der Waals surface area contributed by atoms with Crippen LogP contribution in [0, 0.1) is 0 Å². The number of hydrogen-bond acceptors (Lipinski definition) is 3. The zero-order chi connectivity index (χ0) is 14.8. The number of fused-ring (bicyclic) bond motifs is 1. The van der Waals surface area contributed by atoms with Gasteiger partial charge in [-0.2, -0.15) is 0 Å². The summed E-state index contributed by atoms with van der Waals surface area (Å²) in [5.74, 6) is -3.12. The van der Waals surface area contributed by atoms with Crippen LogP contribution >= 0.6 is 0 Å². The van der Waals surface area contributed by atoms with Crippen LogP contribution in [0.25, 0.3) is 0 Å². The molecule has 0 atom stereocenters. The van der Waals surface area contributed by atoms with Crippen LogP contribution in [0.4, 0.5) is 8.78 Å². The number of carboxylic acid groups (broad SMARTS) is 1. The molecule has 6 heteroatoms. The summed E-state index contributed by atoms with van der Waals surface area (Å²) in [6.45, 7) is 1.50. The Hall–Kier alpha value is -1.85. The molecule has 0 radical (unpaired) electrons. The fourth-order valence-electron chi connectivity index (χ4n) is 2.10. The maximum Gasteiger partial charge on any atom is 0.303 e. The molecule has 0 fully saturated rings. The van der Waals surface area contributed by atoms with E-state index in [1.165, 1.54) is 12.1 Å². The number of hydrogen-bond donors (Lipinski definition) is 1. The normalized spacial score (nSPS) is 14.2. The van der Waals surface area contributed by atoms with Crippen molar-refractivity contribution in [1.82, 2.24) is 0 Å². The fraction of sp³-hybridized carbons (Fsp3) is 0.500. The number of alkyl halides is 2. The quantitative estimate of drug-likeness (QED) is 0.904. The van der Waals surface area contributed by atoms with E-state index < -0.39 is 11.9 Å². The smallest absolute Gasteiger partial charge is 0.303 e. The molecule has 0 saturated heterocycles. The van der Waals surface area contributed by atoms with Crippen molar-refractivity contribution in [2.75, 3.05) is 13.2 Å². The summed E-state index contributed by atoms with van der Waals surface area (Å²) < 4.78 is 37.7. The maximum absolute atomic E-state index is 13.5. The van der Waals surface area contributed by atoms with Crippen molar-refractivity contribution in [3.8, 4) is 11.5 Å². The molecule has 0 spiro atoms. The molecule has 0 bridgehead atoms. The molecule has 1 aliphatic heterocycles. The van der Waals surface area contributed by atoms with Crippen LogP contribution < -0.4 is 9.47 Å². The second kappa shape index (κ2) is 5.64. The zero-order valence-corrected chi connectivity index (χ0v) is 11.1. The summed E-state index contributed by atoms with van der Waals surface area (Å²) in [5, 5.41) is 8.64. The van der Waals surface area contributed by atoms with Gasteiger partial charge in [-0.25, -0.2) is 8.78 Å². The lowest BCUT2D eigenvalue weighted by Gasteiger charge is -2.23. The number of halogens is 2. The van der Waals surface area contributed by atoms with Crippen LogP contribution in [0.2, 0.25) is 0 Å². The van der Waals surface area contributed by atoms with Crippen LogP contribution in [0.3, 0.4) is 0 Å². The minimum absolute atomic E-state index is 0.0115. The molecular weight excluding hydrogens is 270 g/mol. The highest BCUT2D eigenvalue weighted by atomic mass is 19.3. The SMILES string of the molecule is CC(F)(F)c1cc(CCCC(=O)O)c2c(c1)OCCO2. The average Bonchev–Trinajstić information content (AvgIpc) is 2.37. The lowest BCUT2D eigenvalue weighted by molar-refractivity contribution is -0.137. The first-order valence-electron chi connectivity index (χ1n) is 6.40. The average molecular weight is 286 g/mol. The first-order valence-corrected chi connectivity index (χ1v) is 6.40. The van der Waals surface area contributed by atoms with Gasteiger partial charge in [0.2, 0.25) is 0 Å². The number of carbonyl (C=O) groups is 1. The zero-order valence-electron chi connectivity index (χ0n) is 11.1. The van der Waals surface area contributed by atoms with Gasteiger partial charge >= 0.3 is 5.97 Å². The second-order valence-corrected chi connectivity index (χ2v) is 4.80. The molecule has 1 N–H and O–H groups in total. The van der Waals surface area contributed by atoms with E-state index in [0.29, 0.717) is 43.1 Å². The molecule has 1 aromatic carbocycles. The standard InChI is InChI=1S/C14H16F2O4/c1-14(15,16)10-7-9(3-2-4-12(17)18)13-11(8-10)19-5-6-20-13/h7-8H,2-6H2,1H3,(H,17,18). The van der Waals surface area contributed by atoms with E-state index in [2.05, 4.69) is 0 Å². The number of aryl methyl sites for hydroxylation is 1. The van der Waals surface area contributed by atoms with Gasteiger partial charge in [-0.3, -0.25) is 4.79 Å². The molecule has 0 amide bonds. The van der Waals surface area contributed by atoms with Gasteiger partial charge in [0.1, 0.15) is 13.2 Å². The number of aliphatic carboxylic acids is 1. The van der Waals surface area contributed by atoms with Crippen LogP contribution in [-0.2, 0) is 17.1 Å². The van der Waals surface area contributed by atoms with Gasteiger partial charge in [0, 0.05) is 18.9 Å². The van der Waals surface area contributed by atoms with Crippen molar-refractivity contribution in [3.63, 3.8) is 0 Å². The van der Waals surface area contributed by atoms with Gasteiger partial charge in [0.05, 0.1) is 0 Å². The highest BCUT2D eigenvalue weighted by molar-refractivity contribution is 5.66. The van der Waals surface area contributed by atoms with Crippen LogP contribution in [0.5, 0.6) is 11.5 Å². The van der Waals surface area contributed by atoms with Gasteiger partial charge in [-0.05, 0) is 30.5 Å². The van der Waals surface area contributed by atoms with Crippen LogP contribution in [-0.4, -0.2) is 24.3 Å². The van der Waals surface area contributed by atoms with E-state index in [9.17, 15) is 13.6 Å². The number of benzene rings is 1. The van der Waals surface area contributed by atoms with E-state index in [0.717, 1.165) is 6.92 Å². The lowest BCUT2D eigenvalue weighted by atomic mass is 10.00. The molecule has 110 valence electrons. The molecule has 0 aliphatic carbocycles. The van der Waals surface area contributed by atoms with Crippen molar-refractivity contribution >= 4 is 5.97 Å². The minimum atomic E-state index is -2.97. The molecular formula is C14H16F2O4. The molecule has 1 aromatic rings. The maximum atomic E-state index is 13.5. The topological polar surface area (TPSA) is 55.8 Å². The molecule has 2 rings (SSSR count). The predicted molar refractivity (Wildman–Crippen MR) is 67.6 cm³/mol. The van der Waals surface area contributed by atoms with Gasteiger partial charge in [-0.15, -0.1) is 0 Å². The molecule has 0 saturated carbocycles. The Labute approximate surface area is 115 Å². The Morgan fingerprint density at radius 1 is 1.35 bits per heavy atom. The summed E-state index contributed by atoms with van der Waals surface area (Å²) >= 11 is 0. The third-order valence-corrected chi connectivity index (χ3v) is 3.06. The van der Waals surface area contributed by atoms with Gasteiger partial charge in [0.25, 0.3) is 5.92 Å². The highest BCUT2D eigenvalue weighted by Gasteiger charge is 2.28. The Morgan fingerprint density at radius 2 is 2.05 bits per heavy atom. The summed E-state index contributed by atoms with van der Waals surface area (Å²) in [6.07, 6.45) is 0.716. The lowest BCUT2D eigenvalue weighted by Crippen LogP contribution is -2.18. The molecule has 1 aliphatic rings. The van der Waals surface area contributed by atoms with Gasteiger partial charge < -0.3 is 14.6 Å². The van der Waals surface area contributed by atoms with Gasteiger partial charge in [-0.1, -0.05) is 0 Å². The van der Waals surface area contributed by atoms with E-state index in [1.807, 2.05) is 0 Å². The largest absolute Gasteiger partial charge is 0.486 e. The summed E-state index contributed by atoms with van der Waals surface area (Å²) in [7, 11) is 0. The van der Waals surface area contributed by atoms with Crippen molar-refractivity contribution < 1.29 is 28.2 Å². The monoisotopic (exact) mass is 286 g/mol. The van der Waals surface area contributed by atoms with Crippen molar-refractivity contribution in [3.05, 3.63) is 23.3 Å². The van der Waals surface area contributed by atoms with Gasteiger partial charge in [0.15, 0.2) is 11.5 Å². The third kappa shape index (κ3) is 3.37. The number of ether oxygens (including phenoxy) is 2. The van der Waals surface area contributed by atoms with E-state index in [-0.39, 0.29) is 12.0 Å². The summed E-state index contributed by atoms with van der Waals surface area (Å²) in [5.41, 5.74) is 0.423. The Balaban J connectivity index is 2.29. The Bertz CT molecular complexity index is 509. The third-order valence-electron chi connectivity index (χ3n) is 3.06. The summed E-state index contributed by atoms with van der Waals surface area (Å²) in [6, 6.07) is 2.66. The molecule has 1 heterocycles. The van der Waals surface area contributed by atoms with Crippen molar-refractivity contribution in [2.24, 2.45) is 0 Å². The first kappa shape index (κ1) is 14.6. The minimum Gasteiger partial charge on any atom is -0.486 e. The highest BCUT2D eigenvalue weighted by Crippen LogP contribution is 2.40. The number of carboxylic acids is 1. The number of rotatable bonds is 5. The van der Waals surface area contributed by atoms with E-state index in [4.69, 9.17) is 14.6 Å². The Morgan fingerprint density at radius 3 is 2.70 bits per heavy atom. The molecule has 20 heavy (non-hydrogen) atoms. The molecule has 4 nitrogen and oxygen atoms in total. The first-order chi connectivity index (χ1) is 9.38.